The lowest BCUT2D eigenvalue weighted by molar-refractivity contribution is -0.274. The summed E-state index contributed by atoms with van der Waals surface area (Å²) in [4.78, 5) is 9.00. The van der Waals surface area contributed by atoms with Gasteiger partial charge < -0.3 is 15.4 Å². The summed E-state index contributed by atoms with van der Waals surface area (Å²) < 4.78 is 42.9. The molecule has 31 heavy (non-hydrogen) atoms. The lowest BCUT2D eigenvalue weighted by Crippen LogP contribution is -2.17. The van der Waals surface area contributed by atoms with Crippen molar-refractivity contribution in [2.45, 2.75) is 40.1 Å². The van der Waals surface area contributed by atoms with Gasteiger partial charge in [-0.05, 0) is 63.1 Å². The zero-order valence-corrected chi connectivity index (χ0v) is 19.0. The third-order valence-corrected chi connectivity index (χ3v) is 4.72. The number of nitrogens with one attached hydrogen (secondary N) is 2. The highest BCUT2D eigenvalue weighted by Gasteiger charge is 2.31. The molecule has 9 heteroatoms. The molecule has 0 unspecified atom stereocenters. The fourth-order valence-electron chi connectivity index (χ4n) is 3.07. The molecule has 0 bridgehead atoms. The Labute approximate surface area is 187 Å². The fourth-order valence-corrected chi connectivity index (χ4v) is 3.76. The molecular weight excluding hydrogens is 473 g/mol. The first-order chi connectivity index (χ1) is 14.5. The Hall–Kier alpha value is -2.81. The van der Waals surface area contributed by atoms with Gasteiger partial charge in [0.15, 0.2) is 0 Å². The van der Waals surface area contributed by atoms with E-state index in [2.05, 4.69) is 41.3 Å². The summed E-state index contributed by atoms with van der Waals surface area (Å²) in [6.45, 7) is 7.86. The number of alkyl halides is 3. The van der Waals surface area contributed by atoms with E-state index in [9.17, 15) is 13.2 Å². The number of benzene rings is 2. The molecule has 0 spiro atoms. The number of nitrogens with zero attached hydrogens (tertiary/aromatic N) is 2. The van der Waals surface area contributed by atoms with Gasteiger partial charge in [-0.1, -0.05) is 28.1 Å². The minimum Gasteiger partial charge on any atom is -0.406 e. The summed E-state index contributed by atoms with van der Waals surface area (Å²) in [6.07, 6.45) is -4.77. The van der Waals surface area contributed by atoms with Crippen LogP contribution in [-0.2, 0) is 0 Å². The molecule has 0 aliphatic rings. The van der Waals surface area contributed by atoms with Crippen molar-refractivity contribution in [3.8, 4) is 17.0 Å². The van der Waals surface area contributed by atoms with Crippen LogP contribution in [0.4, 0.5) is 30.6 Å². The first kappa shape index (κ1) is 22.9. The molecule has 0 aliphatic heterocycles. The minimum absolute atomic E-state index is 0.0687. The zero-order chi connectivity index (χ0) is 22.8. The summed E-state index contributed by atoms with van der Waals surface area (Å²) in [5, 5.41) is 6.47. The van der Waals surface area contributed by atoms with Crippen LogP contribution in [0.25, 0.3) is 11.3 Å². The smallest absolute Gasteiger partial charge is 0.406 e. The minimum atomic E-state index is -4.77. The summed E-state index contributed by atoms with van der Waals surface area (Å²) in [5.74, 6) is 0.574. The third kappa shape index (κ3) is 6.33. The second-order valence-electron chi connectivity index (χ2n) is 7.38. The molecule has 0 saturated heterocycles. The van der Waals surface area contributed by atoms with Gasteiger partial charge in [-0.2, -0.15) is 4.98 Å². The van der Waals surface area contributed by atoms with Crippen LogP contribution in [0.2, 0.25) is 0 Å². The van der Waals surface area contributed by atoms with Crippen LogP contribution < -0.4 is 15.4 Å². The normalized spacial score (nSPS) is 11.5. The lowest BCUT2D eigenvalue weighted by Gasteiger charge is -2.16. The van der Waals surface area contributed by atoms with E-state index in [0.29, 0.717) is 23.0 Å². The molecule has 1 heterocycles. The number of hydrogen-bond donors (Lipinski definition) is 2. The summed E-state index contributed by atoms with van der Waals surface area (Å²) >= 11 is 3.49. The van der Waals surface area contributed by atoms with Crippen LogP contribution in [0.15, 0.2) is 46.9 Å². The highest BCUT2D eigenvalue weighted by Crippen LogP contribution is 2.31. The average molecular weight is 495 g/mol. The number of halogens is 4. The van der Waals surface area contributed by atoms with Gasteiger partial charge in [0.1, 0.15) is 11.6 Å². The Morgan fingerprint density at radius 2 is 1.68 bits per heavy atom. The van der Waals surface area contributed by atoms with Gasteiger partial charge in [0.2, 0.25) is 5.95 Å². The van der Waals surface area contributed by atoms with Crippen molar-refractivity contribution in [2.75, 3.05) is 10.6 Å². The topological polar surface area (TPSA) is 59.1 Å². The number of anilines is 3. The molecule has 164 valence electrons. The molecule has 0 aliphatic carbocycles. The number of aromatic nitrogens is 2. The average Bonchev–Trinajstić information content (AvgIpc) is 2.63. The number of ether oxygens (including phenoxy) is 1. The second kappa shape index (κ2) is 9.13. The maximum absolute atomic E-state index is 12.6. The Bertz CT molecular complexity index is 1060. The highest BCUT2D eigenvalue weighted by molar-refractivity contribution is 9.10. The van der Waals surface area contributed by atoms with Crippen LogP contribution in [0, 0.1) is 13.8 Å². The van der Waals surface area contributed by atoms with E-state index in [4.69, 9.17) is 0 Å². The third-order valence-electron chi connectivity index (χ3n) is 4.26. The van der Waals surface area contributed by atoms with Crippen molar-refractivity contribution in [3.05, 3.63) is 58.1 Å². The predicted molar refractivity (Wildman–Crippen MR) is 120 cm³/mol. The molecule has 2 aromatic carbocycles. The molecule has 3 aromatic rings. The Morgan fingerprint density at radius 1 is 1.00 bits per heavy atom. The summed E-state index contributed by atoms with van der Waals surface area (Å²) in [7, 11) is 0. The Kier molecular flexibility index (Phi) is 6.74. The van der Waals surface area contributed by atoms with E-state index in [-0.39, 0.29) is 11.8 Å². The van der Waals surface area contributed by atoms with Crippen LogP contribution >= 0.6 is 15.9 Å². The van der Waals surface area contributed by atoms with Gasteiger partial charge in [0.05, 0.1) is 5.69 Å². The predicted octanol–water partition coefficient (Wildman–Crippen LogP) is 6.99. The van der Waals surface area contributed by atoms with Crippen molar-refractivity contribution < 1.29 is 17.9 Å². The van der Waals surface area contributed by atoms with Crippen molar-refractivity contribution in [1.29, 1.82) is 0 Å². The molecule has 3 rings (SSSR count). The van der Waals surface area contributed by atoms with Gasteiger partial charge in [-0.3, -0.25) is 0 Å². The van der Waals surface area contributed by atoms with Crippen LogP contribution in [0.1, 0.15) is 25.0 Å². The largest absolute Gasteiger partial charge is 0.573 e. The Morgan fingerprint density at radius 3 is 2.29 bits per heavy atom. The highest BCUT2D eigenvalue weighted by atomic mass is 79.9. The number of aryl methyl sites for hydroxylation is 2. The molecule has 1 aromatic heterocycles. The summed E-state index contributed by atoms with van der Waals surface area (Å²) in [6, 6.07) is 11.5. The first-order valence-electron chi connectivity index (χ1n) is 9.56. The van der Waals surface area contributed by atoms with E-state index in [0.717, 1.165) is 21.3 Å². The van der Waals surface area contributed by atoms with Crippen molar-refractivity contribution >= 4 is 33.4 Å². The second-order valence-corrected chi connectivity index (χ2v) is 8.29. The van der Waals surface area contributed by atoms with Crippen LogP contribution in [-0.4, -0.2) is 22.4 Å². The van der Waals surface area contributed by atoms with Gasteiger partial charge in [0.25, 0.3) is 0 Å². The SMILES string of the molecule is Cc1cc(Br)cc(C)c1Nc1cc(-c2cccc(OC(F)(F)F)c2)nc(NC(C)C)n1. The first-order valence-corrected chi connectivity index (χ1v) is 10.3. The van der Waals surface area contributed by atoms with E-state index in [1.165, 1.54) is 18.2 Å². The number of hydrogen-bond acceptors (Lipinski definition) is 5. The van der Waals surface area contributed by atoms with Crippen LogP contribution in [0.5, 0.6) is 5.75 Å². The molecule has 2 N–H and O–H groups in total. The fraction of sp³-hybridized carbons (Fsp3) is 0.273. The molecule has 0 fully saturated rings. The quantitative estimate of drug-likeness (QED) is 0.386. The molecule has 5 nitrogen and oxygen atoms in total. The van der Waals surface area contributed by atoms with Gasteiger partial charge in [-0.25, -0.2) is 4.98 Å². The maximum atomic E-state index is 12.6. The van der Waals surface area contributed by atoms with E-state index >= 15 is 0 Å². The zero-order valence-electron chi connectivity index (χ0n) is 17.4. The molecule has 0 atom stereocenters. The van der Waals surface area contributed by atoms with Crippen molar-refractivity contribution in [1.82, 2.24) is 9.97 Å². The van der Waals surface area contributed by atoms with Crippen molar-refractivity contribution in [3.63, 3.8) is 0 Å². The standard InChI is InChI=1S/C22H22BrF3N4O/c1-12(2)27-21-28-18(15-6-5-7-17(10-15)31-22(24,25)26)11-19(30-21)29-20-13(3)8-16(23)9-14(20)4/h5-12H,1-4H3,(H2,27,28,29,30). The molecule has 0 amide bonds. The Balaban J connectivity index is 2.03. The summed E-state index contributed by atoms with van der Waals surface area (Å²) in [5.41, 5.74) is 3.87. The number of rotatable bonds is 6. The van der Waals surface area contributed by atoms with E-state index in [1.807, 2.05) is 39.8 Å². The van der Waals surface area contributed by atoms with Crippen LogP contribution in [0.3, 0.4) is 0 Å². The maximum Gasteiger partial charge on any atom is 0.573 e. The van der Waals surface area contributed by atoms with Crippen molar-refractivity contribution in [2.24, 2.45) is 0 Å². The van der Waals surface area contributed by atoms with Gasteiger partial charge in [-0.15, -0.1) is 13.2 Å². The molecular formula is C22H22BrF3N4O. The lowest BCUT2D eigenvalue weighted by atomic mass is 10.1. The van der Waals surface area contributed by atoms with Gasteiger partial charge in [0, 0.05) is 27.8 Å². The molecule has 0 saturated carbocycles. The van der Waals surface area contributed by atoms with Gasteiger partial charge >= 0.3 is 6.36 Å². The molecule has 0 radical (unpaired) electrons. The van der Waals surface area contributed by atoms with E-state index < -0.39 is 6.36 Å². The monoisotopic (exact) mass is 494 g/mol. The van der Waals surface area contributed by atoms with E-state index in [1.54, 1.807) is 12.1 Å².